The van der Waals surface area contributed by atoms with E-state index in [0.717, 1.165) is 27.2 Å². The number of aryl methyl sites for hydroxylation is 1. The topological polar surface area (TPSA) is 41.8 Å². The van der Waals surface area contributed by atoms with Crippen LogP contribution in [-0.2, 0) is 6.54 Å². The highest BCUT2D eigenvalue weighted by molar-refractivity contribution is 6.32. The van der Waals surface area contributed by atoms with E-state index >= 15 is 0 Å². The van der Waals surface area contributed by atoms with E-state index in [2.05, 4.69) is 4.98 Å². The van der Waals surface area contributed by atoms with E-state index < -0.39 is 0 Å². The largest absolute Gasteiger partial charge is 0.357 e. The Hall–Kier alpha value is -0.990. The number of hydrogen-bond acceptors (Lipinski definition) is 1. The maximum absolute atomic E-state index is 5.99. The predicted molar refractivity (Wildman–Crippen MR) is 55.9 cm³/mol. The van der Waals surface area contributed by atoms with Gasteiger partial charge in [-0.1, -0.05) is 11.6 Å². The first-order chi connectivity index (χ1) is 6.20. The van der Waals surface area contributed by atoms with Crippen LogP contribution in [0.15, 0.2) is 18.2 Å². The molecule has 0 aliphatic carbocycles. The third kappa shape index (κ3) is 1.43. The Bertz CT molecular complexity index is 406. The van der Waals surface area contributed by atoms with Crippen molar-refractivity contribution in [2.75, 3.05) is 0 Å². The van der Waals surface area contributed by atoms with Gasteiger partial charge in [0.15, 0.2) is 0 Å². The molecular formula is C10H11ClN2. The summed E-state index contributed by atoms with van der Waals surface area (Å²) in [6.07, 6.45) is 0. The highest BCUT2D eigenvalue weighted by Crippen LogP contribution is 2.23. The molecule has 68 valence electrons. The minimum atomic E-state index is 0.533. The van der Waals surface area contributed by atoms with E-state index in [0.29, 0.717) is 6.54 Å². The van der Waals surface area contributed by atoms with E-state index in [-0.39, 0.29) is 0 Å². The summed E-state index contributed by atoms with van der Waals surface area (Å²) in [6.45, 7) is 2.52. The fourth-order valence-electron chi connectivity index (χ4n) is 1.43. The average Bonchev–Trinajstić information content (AvgIpc) is 2.48. The molecular weight excluding hydrogens is 184 g/mol. The van der Waals surface area contributed by atoms with E-state index in [1.807, 2.05) is 25.1 Å². The van der Waals surface area contributed by atoms with Gasteiger partial charge in [-0.2, -0.15) is 0 Å². The van der Waals surface area contributed by atoms with E-state index in [1.165, 1.54) is 0 Å². The fraction of sp³-hybridized carbons (Fsp3) is 0.200. The van der Waals surface area contributed by atoms with Gasteiger partial charge in [-0.15, -0.1) is 0 Å². The van der Waals surface area contributed by atoms with Crippen LogP contribution in [0.2, 0.25) is 5.02 Å². The molecule has 0 radical (unpaired) electrons. The second-order valence-corrected chi connectivity index (χ2v) is 3.59. The number of nitrogens with one attached hydrogen (secondary N) is 1. The summed E-state index contributed by atoms with van der Waals surface area (Å²) >= 11 is 5.99. The summed E-state index contributed by atoms with van der Waals surface area (Å²) in [6, 6.07) is 6.03. The summed E-state index contributed by atoms with van der Waals surface area (Å²) in [7, 11) is 0. The Morgan fingerprint density at radius 3 is 2.85 bits per heavy atom. The summed E-state index contributed by atoms with van der Waals surface area (Å²) in [4.78, 5) is 3.23. The molecule has 0 saturated heterocycles. The highest BCUT2D eigenvalue weighted by atomic mass is 35.5. The van der Waals surface area contributed by atoms with Gasteiger partial charge in [0.05, 0.1) is 0 Å². The van der Waals surface area contributed by atoms with Crippen molar-refractivity contribution >= 4 is 22.5 Å². The van der Waals surface area contributed by atoms with Gasteiger partial charge >= 0.3 is 0 Å². The zero-order valence-electron chi connectivity index (χ0n) is 7.39. The van der Waals surface area contributed by atoms with Crippen LogP contribution in [0.4, 0.5) is 0 Å². The van der Waals surface area contributed by atoms with Gasteiger partial charge in [-0.05, 0) is 30.7 Å². The van der Waals surface area contributed by atoms with Crippen molar-refractivity contribution in [1.29, 1.82) is 0 Å². The van der Waals surface area contributed by atoms with Crippen molar-refractivity contribution in [3.8, 4) is 0 Å². The van der Waals surface area contributed by atoms with Gasteiger partial charge in [0.1, 0.15) is 0 Å². The summed E-state index contributed by atoms with van der Waals surface area (Å²) in [5.74, 6) is 0. The van der Waals surface area contributed by atoms with Gasteiger partial charge < -0.3 is 10.7 Å². The van der Waals surface area contributed by atoms with Gasteiger partial charge in [0, 0.05) is 28.2 Å². The standard InChI is InChI=1S/C10H11ClN2/c1-6-2-10-7(4-9(6)11)3-8(5-12)13-10/h2-4,13H,5,12H2,1H3. The fourth-order valence-corrected chi connectivity index (χ4v) is 1.60. The smallest absolute Gasteiger partial charge is 0.0460 e. The number of aromatic amines is 1. The van der Waals surface area contributed by atoms with Crippen LogP contribution in [0.1, 0.15) is 11.3 Å². The monoisotopic (exact) mass is 194 g/mol. The van der Waals surface area contributed by atoms with Gasteiger partial charge in [0.2, 0.25) is 0 Å². The zero-order chi connectivity index (χ0) is 9.42. The molecule has 3 heteroatoms. The lowest BCUT2D eigenvalue weighted by molar-refractivity contribution is 1.02. The first kappa shape index (κ1) is 8.60. The van der Waals surface area contributed by atoms with Crippen LogP contribution in [-0.4, -0.2) is 4.98 Å². The van der Waals surface area contributed by atoms with Crippen molar-refractivity contribution < 1.29 is 0 Å². The molecule has 0 atom stereocenters. The maximum Gasteiger partial charge on any atom is 0.0460 e. The summed E-state index contributed by atoms with van der Waals surface area (Å²) in [5.41, 5.74) is 8.75. The van der Waals surface area contributed by atoms with Crippen LogP contribution in [0.3, 0.4) is 0 Å². The van der Waals surface area contributed by atoms with Crippen molar-refractivity contribution in [1.82, 2.24) is 4.98 Å². The van der Waals surface area contributed by atoms with Crippen LogP contribution < -0.4 is 5.73 Å². The Kier molecular flexibility index (Phi) is 2.02. The molecule has 1 heterocycles. The molecule has 2 rings (SSSR count). The number of nitrogens with two attached hydrogens (primary N) is 1. The molecule has 2 aromatic rings. The molecule has 1 aromatic heterocycles. The number of rotatable bonds is 1. The first-order valence-electron chi connectivity index (χ1n) is 4.18. The van der Waals surface area contributed by atoms with E-state index in [4.69, 9.17) is 17.3 Å². The molecule has 0 spiro atoms. The third-order valence-corrected chi connectivity index (χ3v) is 2.58. The van der Waals surface area contributed by atoms with Crippen LogP contribution in [0.5, 0.6) is 0 Å². The molecule has 1 aromatic carbocycles. The molecule has 0 aliphatic heterocycles. The van der Waals surface area contributed by atoms with Gasteiger partial charge in [-0.25, -0.2) is 0 Å². The Balaban J connectivity index is 2.70. The number of H-pyrrole nitrogens is 1. The Labute approximate surface area is 81.7 Å². The lowest BCUT2D eigenvalue weighted by Gasteiger charge is -1.96. The molecule has 0 unspecified atom stereocenters. The van der Waals surface area contributed by atoms with Crippen LogP contribution in [0, 0.1) is 6.92 Å². The summed E-state index contributed by atoms with van der Waals surface area (Å²) in [5, 5.41) is 1.92. The van der Waals surface area contributed by atoms with Crippen LogP contribution in [0.25, 0.3) is 10.9 Å². The predicted octanol–water partition coefficient (Wildman–Crippen LogP) is 2.59. The molecule has 0 fully saturated rings. The summed E-state index contributed by atoms with van der Waals surface area (Å²) < 4.78 is 0. The quantitative estimate of drug-likeness (QED) is 0.720. The average molecular weight is 195 g/mol. The normalized spacial score (nSPS) is 11.0. The molecule has 0 aliphatic rings. The number of fused-ring (bicyclic) bond motifs is 1. The second kappa shape index (κ2) is 3.05. The second-order valence-electron chi connectivity index (χ2n) is 3.19. The molecule has 0 bridgehead atoms. The Morgan fingerprint density at radius 1 is 1.38 bits per heavy atom. The maximum atomic E-state index is 5.99. The molecule has 13 heavy (non-hydrogen) atoms. The molecule has 0 saturated carbocycles. The third-order valence-electron chi connectivity index (χ3n) is 2.18. The zero-order valence-corrected chi connectivity index (χ0v) is 8.15. The number of halogens is 1. The number of hydrogen-bond donors (Lipinski definition) is 2. The molecule has 3 N–H and O–H groups in total. The molecule has 2 nitrogen and oxygen atoms in total. The van der Waals surface area contributed by atoms with Crippen molar-refractivity contribution in [3.05, 3.63) is 34.5 Å². The lowest BCUT2D eigenvalue weighted by atomic mass is 10.2. The van der Waals surface area contributed by atoms with E-state index in [1.54, 1.807) is 0 Å². The SMILES string of the molecule is Cc1cc2[nH]c(CN)cc2cc1Cl. The number of benzene rings is 1. The minimum Gasteiger partial charge on any atom is -0.357 e. The van der Waals surface area contributed by atoms with E-state index in [9.17, 15) is 0 Å². The Morgan fingerprint density at radius 2 is 2.15 bits per heavy atom. The lowest BCUT2D eigenvalue weighted by Crippen LogP contribution is -1.94. The number of aromatic nitrogens is 1. The van der Waals surface area contributed by atoms with Crippen molar-refractivity contribution in [2.45, 2.75) is 13.5 Å². The van der Waals surface area contributed by atoms with Gasteiger partial charge in [0.25, 0.3) is 0 Å². The first-order valence-corrected chi connectivity index (χ1v) is 4.56. The van der Waals surface area contributed by atoms with Crippen LogP contribution >= 0.6 is 11.6 Å². The van der Waals surface area contributed by atoms with Crippen molar-refractivity contribution in [3.63, 3.8) is 0 Å². The van der Waals surface area contributed by atoms with Gasteiger partial charge in [-0.3, -0.25) is 0 Å². The minimum absolute atomic E-state index is 0.533. The molecule has 0 amide bonds. The highest BCUT2D eigenvalue weighted by Gasteiger charge is 2.02. The van der Waals surface area contributed by atoms with Crippen molar-refractivity contribution in [2.24, 2.45) is 5.73 Å².